The number of anilines is 1. The van der Waals surface area contributed by atoms with Gasteiger partial charge in [0.25, 0.3) is 10.2 Å². The Morgan fingerprint density at radius 1 is 1.47 bits per heavy atom. The largest absolute Gasteiger partial charge is 0.365 e. The van der Waals surface area contributed by atoms with E-state index < -0.39 is 16.0 Å². The number of benzene rings is 1. The molecule has 0 bridgehead atoms. The molecule has 3 N–H and O–H groups in total. The molecule has 1 aliphatic heterocycles. The lowest BCUT2D eigenvalue weighted by Gasteiger charge is -2.20. The molecule has 2 aromatic rings. The molecule has 0 spiro atoms. The minimum atomic E-state index is -3.45. The van der Waals surface area contributed by atoms with Gasteiger partial charge in [-0.2, -0.15) is 17.0 Å². The Balaban J connectivity index is 1.69. The molecule has 0 saturated carbocycles. The van der Waals surface area contributed by atoms with E-state index in [-0.39, 0.29) is 27.7 Å². The Labute approximate surface area is 181 Å². The molecule has 0 aliphatic carbocycles. The predicted octanol–water partition coefficient (Wildman–Crippen LogP) is 1.57. The van der Waals surface area contributed by atoms with E-state index in [1.54, 1.807) is 0 Å². The van der Waals surface area contributed by atoms with E-state index in [4.69, 9.17) is 4.63 Å². The third-order valence-electron chi connectivity index (χ3n) is 4.56. The van der Waals surface area contributed by atoms with Gasteiger partial charge in [0, 0.05) is 33.7 Å². The number of hydroxylamine groups is 1. The van der Waals surface area contributed by atoms with Crippen LogP contribution in [0, 0.1) is 11.7 Å². The van der Waals surface area contributed by atoms with E-state index in [0.29, 0.717) is 31.7 Å². The molecule has 1 unspecified atom stereocenters. The summed E-state index contributed by atoms with van der Waals surface area (Å²) in [5.41, 5.74) is 2.42. The van der Waals surface area contributed by atoms with Crippen LogP contribution in [0.15, 0.2) is 32.3 Å². The average Bonchev–Trinajstić information content (AvgIpc) is 3.36. The van der Waals surface area contributed by atoms with Gasteiger partial charge in [-0.25, -0.2) is 14.0 Å². The van der Waals surface area contributed by atoms with Crippen molar-refractivity contribution in [2.24, 2.45) is 10.9 Å². The van der Waals surface area contributed by atoms with Gasteiger partial charge in [0.2, 0.25) is 5.82 Å². The van der Waals surface area contributed by atoms with Gasteiger partial charge in [0.15, 0.2) is 11.5 Å². The first kappa shape index (κ1) is 22.6. The first-order valence-corrected chi connectivity index (χ1v) is 11.1. The van der Waals surface area contributed by atoms with E-state index in [1.165, 1.54) is 40.9 Å². The Hall–Kier alpha value is -2.13. The first-order valence-electron chi connectivity index (χ1n) is 8.90. The lowest BCUT2D eigenvalue weighted by Crippen LogP contribution is -2.38. The molecule has 0 radical (unpaired) electrons. The lowest BCUT2D eigenvalue weighted by atomic mass is 10.1. The number of hydrogen-bond donors (Lipinski definition) is 3. The van der Waals surface area contributed by atoms with E-state index >= 15 is 0 Å². The lowest BCUT2D eigenvalue weighted by molar-refractivity contribution is 0.234. The highest BCUT2D eigenvalue weighted by molar-refractivity contribution is 9.10. The summed E-state index contributed by atoms with van der Waals surface area (Å²) in [5, 5.41) is 20.1. The quantitative estimate of drug-likeness (QED) is 0.293. The van der Waals surface area contributed by atoms with Crippen LogP contribution in [0.1, 0.15) is 12.1 Å². The highest BCUT2D eigenvalue weighted by Gasteiger charge is 2.33. The zero-order valence-corrected chi connectivity index (χ0v) is 18.6. The molecule has 3 rings (SSSR count). The number of nitrogens with one attached hydrogen (secondary N) is 2. The third kappa shape index (κ3) is 4.95. The Bertz CT molecular complexity index is 1030. The standard InChI is InChI=1S/C16H21BrFN7O4S/c1-24(2)30(27,28)25-6-5-10(9-25)8-19-15-14(22-29-23-15)16(21-26)20-11-3-4-13(18)12(17)7-11/h3-4,7,10,26H,5-6,8-9H2,1-2H3,(H,19,23)(H,20,21). The van der Waals surface area contributed by atoms with Gasteiger partial charge in [-0.3, -0.25) is 10.7 Å². The summed E-state index contributed by atoms with van der Waals surface area (Å²) in [6.07, 6.45) is 0.684. The number of nitrogens with zero attached hydrogens (tertiary/aromatic N) is 5. The molecule has 1 atom stereocenters. The second-order valence-corrected chi connectivity index (χ2v) is 9.81. The summed E-state index contributed by atoms with van der Waals surface area (Å²) in [7, 11) is -0.455. The topological polar surface area (TPSA) is 136 Å². The van der Waals surface area contributed by atoms with E-state index in [9.17, 15) is 18.0 Å². The number of aliphatic imine (C=N–C) groups is 1. The van der Waals surface area contributed by atoms with Gasteiger partial charge in [-0.15, -0.1) is 0 Å². The maximum atomic E-state index is 13.4. The third-order valence-corrected chi connectivity index (χ3v) is 7.07. The molecule has 11 nitrogen and oxygen atoms in total. The summed E-state index contributed by atoms with van der Waals surface area (Å²) in [6.45, 7) is 1.22. The molecular formula is C16H21BrFN7O4S. The van der Waals surface area contributed by atoms with Gasteiger partial charge in [0.1, 0.15) is 5.82 Å². The van der Waals surface area contributed by atoms with Crippen molar-refractivity contribution in [1.82, 2.24) is 24.4 Å². The number of halogens is 2. The maximum Gasteiger partial charge on any atom is 0.281 e. The molecule has 1 aliphatic rings. The predicted molar refractivity (Wildman–Crippen MR) is 110 cm³/mol. The Kier molecular flexibility index (Phi) is 7.02. The average molecular weight is 506 g/mol. The number of rotatable bonds is 7. The highest BCUT2D eigenvalue weighted by Crippen LogP contribution is 2.24. The summed E-state index contributed by atoms with van der Waals surface area (Å²) in [4.78, 5) is 4.19. The fraction of sp³-hybridized carbons (Fsp3) is 0.438. The number of aromatic nitrogens is 2. The summed E-state index contributed by atoms with van der Waals surface area (Å²) in [5.74, 6) is -0.217. The van der Waals surface area contributed by atoms with Crippen LogP contribution in [0.2, 0.25) is 0 Å². The highest BCUT2D eigenvalue weighted by atomic mass is 79.9. The van der Waals surface area contributed by atoms with Gasteiger partial charge in [-0.1, -0.05) is 0 Å². The van der Waals surface area contributed by atoms with Gasteiger partial charge < -0.3 is 5.32 Å². The number of amidine groups is 1. The second kappa shape index (κ2) is 9.34. The zero-order chi connectivity index (χ0) is 21.9. The van der Waals surface area contributed by atoms with Crippen molar-refractivity contribution >= 4 is 43.5 Å². The fourth-order valence-electron chi connectivity index (χ4n) is 2.92. The van der Waals surface area contributed by atoms with Crippen LogP contribution >= 0.6 is 15.9 Å². The van der Waals surface area contributed by atoms with Gasteiger partial charge in [0.05, 0.1) is 10.2 Å². The molecule has 30 heavy (non-hydrogen) atoms. The fourth-order valence-corrected chi connectivity index (χ4v) is 4.48. The van der Waals surface area contributed by atoms with Crippen molar-refractivity contribution in [2.45, 2.75) is 6.42 Å². The van der Waals surface area contributed by atoms with Crippen LogP contribution in [-0.2, 0) is 10.2 Å². The van der Waals surface area contributed by atoms with Crippen molar-refractivity contribution in [3.8, 4) is 0 Å². The smallest absolute Gasteiger partial charge is 0.281 e. The van der Waals surface area contributed by atoms with Crippen LogP contribution in [-0.4, -0.2) is 72.1 Å². The molecule has 1 fully saturated rings. The Morgan fingerprint density at radius 3 is 2.90 bits per heavy atom. The maximum absolute atomic E-state index is 13.4. The van der Waals surface area contributed by atoms with Crippen LogP contribution in [0.25, 0.3) is 0 Å². The van der Waals surface area contributed by atoms with Crippen LogP contribution in [0.4, 0.5) is 15.9 Å². The summed E-state index contributed by atoms with van der Waals surface area (Å²) in [6, 6.07) is 4.09. The molecule has 1 saturated heterocycles. The van der Waals surface area contributed by atoms with Crippen molar-refractivity contribution in [2.75, 3.05) is 39.0 Å². The van der Waals surface area contributed by atoms with Crippen molar-refractivity contribution < 1.29 is 22.6 Å². The van der Waals surface area contributed by atoms with E-state index in [0.717, 1.165) is 0 Å². The van der Waals surface area contributed by atoms with Crippen LogP contribution in [0.5, 0.6) is 0 Å². The van der Waals surface area contributed by atoms with Gasteiger partial charge >= 0.3 is 0 Å². The summed E-state index contributed by atoms with van der Waals surface area (Å²) < 4.78 is 45.4. The molecule has 1 aromatic carbocycles. The van der Waals surface area contributed by atoms with Crippen molar-refractivity contribution in [3.05, 3.63) is 34.2 Å². The second-order valence-electron chi connectivity index (χ2n) is 6.82. The normalized spacial score (nSPS) is 18.2. The molecule has 0 amide bonds. The Morgan fingerprint density at radius 2 is 2.23 bits per heavy atom. The van der Waals surface area contributed by atoms with Gasteiger partial charge in [-0.05, 0) is 56.8 Å². The van der Waals surface area contributed by atoms with Crippen LogP contribution < -0.4 is 10.8 Å². The molecule has 14 heteroatoms. The molecule has 2 heterocycles. The SMILES string of the molecule is CN(C)S(=O)(=O)N1CCC(CNc2nonc2C(=Nc2ccc(F)c(Br)c2)NO)C1. The van der Waals surface area contributed by atoms with Crippen molar-refractivity contribution in [1.29, 1.82) is 0 Å². The molecular weight excluding hydrogens is 485 g/mol. The molecule has 1 aromatic heterocycles. The first-order chi connectivity index (χ1) is 14.2. The number of hydrogen-bond acceptors (Lipinski definition) is 8. The zero-order valence-electron chi connectivity index (χ0n) is 16.2. The minimum absolute atomic E-state index is 0.0551. The monoisotopic (exact) mass is 505 g/mol. The summed E-state index contributed by atoms with van der Waals surface area (Å²) >= 11 is 3.08. The van der Waals surface area contributed by atoms with Crippen molar-refractivity contribution in [3.63, 3.8) is 0 Å². The van der Waals surface area contributed by atoms with Crippen LogP contribution in [0.3, 0.4) is 0 Å². The van der Waals surface area contributed by atoms with E-state index in [1.807, 2.05) is 5.48 Å². The molecule has 164 valence electrons. The van der Waals surface area contributed by atoms with E-state index in [2.05, 4.69) is 36.6 Å². The minimum Gasteiger partial charge on any atom is -0.365 e.